The van der Waals surface area contributed by atoms with E-state index in [9.17, 15) is 13.2 Å². The van der Waals surface area contributed by atoms with Crippen molar-refractivity contribution in [3.8, 4) is 5.75 Å². The first-order valence-electron chi connectivity index (χ1n) is 9.16. The average Bonchev–Trinajstić information content (AvgIpc) is 2.60. The van der Waals surface area contributed by atoms with Crippen molar-refractivity contribution >= 4 is 21.6 Å². The Morgan fingerprint density at radius 3 is 2.11 bits per heavy atom. The van der Waals surface area contributed by atoms with Crippen molar-refractivity contribution in [3.63, 3.8) is 0 Å². The highest BCUT2D eigenvalue weighted by Gasteiger charge is 2.23. The van der Waals surface area contributed by atoms with Crippen LogP contribution in [0.5, 0.6) is 5.75 Å². The molecule has 7 heteroatoms. The molecule has 0 aliphatic carbocycles. The van der Waals surface area contributed by atoms with E-state index in [0.717, 1.165) is 5.56 Å². The van der Waals surface area contributed by atoms with E-state index in [-0.39, 0.29) is 22.9 Å². The quantitative estimate of drug-likeness (QED) is 0.766. The Labute approximate surface area is 167 Å². The van der Waals surface area contributed by atoms with Crippen molar-refractivity contribution < 1.29 is 17.9 Å². The van der Waals surface area contributed by atoms with Gasteiger partial charge in [0, 0.05) is 12.1 Å². The topological polar surface area (TPSA) is 75.7 Å². The third-order valence-electron chi connectivity index (χ3n) is 3.91. The van der Waals surface area contributed by atoms with Gasteiger partial charge in [0.05, 0.1) is 10.6 Å². The monoisotopic (exact) mass is 404 g/mol. The molecule has 0 radical (unpaired) electrons. The molecule has 28 heavy (non-hydrogen) atoms. The Morgan fingerprint density at radius 2 is 1.61 bits per heavy atom. The summed E-state index contributed by atoms with van der Waals surface area (Å²) in [6.07, 6.45) is 0. The lowest BCUT2D eigenvalue weighted by molar-refractivity contribution is -0.124. The number of aryl methyl sites for hydroxylation is 1. The van der Waals surface area contributed by atoms with Crippen LogP contribution in [0, 0.1) is 6.92 Å². The fourth-order valence-electron chi connectivity index (χ4n) is 2.64. The van der Waals surface area contributed by atoms with E-state index in [1.54, 1.807) is 55.5 Å². The van der Waals surface area contributed by atoms with E-state index < -0.39 is 10.0 Å². The van der Waals surface area contributed by atoms with Crippen molar-refractivity contribution in [3.05, 3.63) is 54.1 Å². The third-order valence-corrected chi connectivity index (χ3v) is 5.82. The number of amides is 1. The molecule has 0 unspecified atom stereocenters. The van der Waals surface area contributed by atoms with Crippen LogP contribution >= 0.6 is 0 Å². The van der Waals surface area contributed by atoms with Gasteiger partial charge in [-0.1, -0.05) is 17.7 Å². The van der Waals surface area contributed by atoms with Gasteiger partial charge in [0.15, 0.2) is 6.61 Å². The van der Waals surface area contributed by atoms with E-state index in [0.29, 0.717) is 18.0 Å². The van der Waals surface area contributed by atoms with Gasteiger partial charge in [-0.05, 0) is 71.0 Å². The Hall–Kier alpha value is -2.54. The van der Waals surface area contributed by atoms with Crippen LogP contribution in [0.4, 0.5) is 5.69 Å². The number of sulfonamides is 1. The zero-order chi connectivity index (χ0) is 20.9. The SMILES string of the molecule is CCN(c1ccc(OCC(=O)NC(C)(C)C)cc1)S(=O)(=O)c1ccc(C)cc1. The van der Waals surface area contributed by atoms with Gasteiger partial charge < -0.3 is 10.1 Å². The predicted octanol–water partition coefficient (Wildman–Crippen LogP) is 3.50. The molecule has 0 saturated heterocycles. The highest BCUT2D eigenvalue weighted by atomic mass is 32.2. The second kappa shape index (κ2) is 8.65. The van der Waals surface area contributed by atoms with Crippen LogP contribution in [-0.4, -0.2) is 33.0 Å². The van der Waals surface area contributed by atoms with Crippen LogP contribution in [0.2, 0.25) is 0 Å². The fraction of sp³-hybridized carbons (Fsp3) is 0.381. The lowest BCUT2D eigenvalue weighted by Gasteiger charge is -2.23. The maximum Gasteiger partial charge on any atom is 0.264 e. The summed E-state index contributed by atoms with van der Waals surface area (Å²) in [6, 6.07) is 13.4. The minimum absolute atomic E-state index is 0.101. The second-order valence-corrected chi connectivity index (χ2v) is 9.43. The molecule has 1 N–H and O–H groups in total. The first-order valence-corrected chi connectivity index (χ1v) is 10.6. The van der Waals surface area contributed by atoms with Crippen LogP contribution in [0.1, 0.15) is 33.3 Å². The first-order chi connectivity index (χ1) is 13.0. The van der Waals surface area contributed by atoms with Crippen LogP contribution < -0.4 is 14.4 Å². The van der Waals surface area contributed by atoms with Gasteiger partial charge in [-0.25, -0.2) is 8.42 Å². The number of rotatable bonds is 7. The fourth-order valence-corrected chi connectivity index (χ4v) is 4.11. The summed E-state index contributed by atoms with van der Waals surface area (Å²) in [5.74, 6) is 0.283. The van der Waals surface area contributed by atoms with E-state index in [1.165, 1.54) is 4.31 Å². The molecule has 152 valence electrons. The lowest BCUT2D eigenvalue weighted by atomic mass is 10.1. The summed E-state index contributed by atoms with van der Waals surface area (Å²) < 4.78 is 32.7. The Bertz CT molecular complexity index is 899. The molecule has 1 amide bonds. The molecule has 0 aromatic heterocycles. The number of carbonyl (C=O) groups is 1. The zero-order valence-corrected chi connectivity index (χ0v) is 17.8. The first kappa shape index (κ1) is 21.8. The molecule has 0 heterocycles. The normalized spacial score (nSPS) is 11.8. The van der Waals surface area contributed by atoms with Crippen molar-refractivity contribution in [2.24, 2.45) is 0 Å². The average molecular weight is 405 g/mol. The molecule has 2 aromatic rings. The zero-order valence-electron chi connectivity index (χ0n) is 17.0. The van der Waals surface area contributed by atoms with Gasteiger partial charge in [-0.3, -0.25) is 9.10 Å². The molecule has 0 bridgehead atoms. The molecule has 6 nitrogen and oxygen atoms in total. The summed E-state index contributed by atoms with van der Waals surface area (Å²) >= 11 is 0. The van der Waals surface area contributed by atoms with Gasteiger partial charge >= 0.3 is 0 Å². The van der Waals surface area contributed by atoms with Crippen LogP contribution in [0.25, 0.3) is 0 Å². The summed E-state index contributed by atoms with van der Waals surface area (Å²) in [5.41, 5.74) is 1.21. The molecule has 0 aliphatic rings. The van der Waals surface area contributed by atoms with Gasteiger partial charge in [-0.2, -0.15) is 0 Å². The lowest BCUT2D eigenvalue weighted by Crippen LogP contribution is -2.43. The van der Waals surface area contributed by atoms with Crippen molar-refractivity contribution in [1.29, 1.82) is 0 Å². The molecule has 2 rings (SSSR count). The number of ether oxygens (including phenoxy) is 1. The molecule has 0 aliphatic heterocycles. The molecule has 0 saturated carbocycles. The van der Waals surface area contributed by atoms with Gasteiger partial charge in [0.2, 0.25) is 0 Å². The van der Waals surface area contributed by atoms with Crippen LogP contribution in [0.3, 0.4) is 0 Å². The van der Waals surface area contributed by atoms with Gasteiger partial charge in [-0.15, -0.1) is 0 Å². The van der Waals surface area contributed by atoms with E-state index >= 15 is 0 Å². The predicted molar refractivity (Wildman–Crippen MR) is 111 cm³/mol. The number of nitrogens with zero attached hydrogens (tertiary/aromatic N) is 1. The van der Waals surface area contributed by atoms with Crippen LogP contribution in [-0.2, 0) is 14.8 Å². The summed E-state index contributed by atoms with van der Waals surface area (Å²) in [7, 11) is -3.65. The summed E-state index contributed by atoms with van der Waals surface area (Å²) in [4.78, 5) is 12.1. The minimum atomic E-state index is -3.65. The van der Waals surface area contributed by atoms with Crippen molar-refractivity contribution in [2.45, 2.75) is 45.1 Å². The minimum Gasteiger partial charge on any atom is -0.484 e. The molecule has 0 fully saturated rings. The molecule has 2 aromatic carbocycles. The van der Waals surface area contributed by atoms with Crippen molar-refractivity contribution in [1.82, 2.24) is 5.32 Å². The number of benzene rings is 2. The molecular formula is C21H28N2O4S. The maximum atomic E-state index is 12.9. The van der Waals surface area contributed by atoms with E-state index in [2.05, 4.69) is 5.32 Å². The number of hydrogen-bond acceptors (Lipinski definition) is 4. The van der Waals surface area contributed by atoms with Gasteiger partial charge in [0.25, 0.3) is 15.9 Å². The van der Waals surface area contributed by atoms with Crippen molar-refractivity contribution in [2.75, 3.05) is 17.5 Å². The largest absolute Gasteiger partial charge is 0.484 e. The summed E-state index contributed by atoms with van der Waals surface area (Å²) in [6.45, 7) is 9.58. The number of hydrogen-bond donors (Lipinski definition) is 1. The maximum absolute atomic E-state index is 12.9. The Kier molecular flexibility index (Phi) is 6.72. The molecule has 0 spiro atoms. The van der Waals surface area contributed by atoms with Crippen LogP contribution in [0.15, 0.2) is 53.4 Å². The highest BCUT2D eigenvalue weighted by Crippen LogP contribution is 2.25. The Morgan fingerprint density at radius 1 is 1.04 bits per heavy atom. The standard InChI is InChI=1S/C21H28N2O4S/c1-6-23(28(25,26)19-13-7-16(2)8-14-19)17-9-11-18(12-10-17)27-15-20(24)22-21(3,4)5/h7-14H,6,15H2,1-5H3,(H,22,24). The smallest absolute Gasteiger partial charge is 0.264 e. The second-order valence-electron chi connectivity index (χ2n) is 7.56. The van der Waals surface area contributed by atoms with E-state index in [1.807, 2.05) is 27.7 Å². The molecule has 0 atom stereocenters. The number of anilines is 1. The van der Waals surface area contributed by atoms with E-state index in [4.69, 9.17) is 4.74 Å². The Balaban J connectivity index is 2.12. The summed E-state index contributed by atoms with van der Waals surface area (Å²) in [5, 5.41) is 2.82. The number of nitrogens with one attached hydrogen (secondary N) is 1. The molecular weight excluding hydrogens is 376 g/mol. The highest BCUT2D eigenvalue weighted by molar-refractivity contribution is 7.92. The number of carbonyl (C=O) groups excluding carboxylic acids is 1. The van der Waals surface area contributed by atoms with Gasteiger partial charge in [0.1, 0.15) is 5.75 Å². The third kappa shape index (κ3) is 5.73.